The van der Waals surface area contributed by atoms with Gasteiger partial charge in [0.25, 0.3) is 0 Å². The molecule has 0 N–H and O–H groups in total. The molecule has 1 aliphatic heterocycles. The molecule has 1 fully saturated rings. The van der Waals surface area contributed by atoms with Gasteiger partial charge in [-0.25, -0.2) is 14.5 Å². The van der Waals surface area contributed by atoms with Gasteiger partial charge in [0.15, 0.2) is 0 Å². The molecule has 2 aromatic heterocycles. The van der Waals surface area contributed by atoms with Gasteiger partial charge in [-0.2, -0.15) is 0 Å². The summed E-state index contributed by atoms with van der Waals surface area (Å²) in [6.07, 6.45) is 2.64. The number of ether oxygens (including phenoxy) is 2. The fourth-order valence-corrected chi connectivity index (χ4v) is 4.49. The number of tetrazole rings is 1. The summed E-state index contributed by atoms with van der Waals surface area (Å²) in [6, 6.07) is 5.81. The maximum absolute atomic E-state index is 11.9. The first kappa shape index (κ1) is 23.1. The van der Waals surface area contributed by atoms with Crippen molar-refractivity contribution in [3.05, 3.63) is 46.2 Å². The van der Waals surface area contributed by atoms with Crippen molar-refractivity contribution in [2.45, 2.75) is 58.7 Å². The van der Waals surface area contributed by atoms with Crippen LogP contribution >= 0.6 is 11.3 Å². The maximum atomic E-state index is 11.9. The molecule has 11 heteroatoms. The lowest BCUT2D eigenvalue weighted by Gasteiger charge is -2.30. The number of aromatic nitrogens is 5. The molecule has 3 heterocycles. The third-order valence-corrected chi connectivity index (χ3v) is 6.17. The Hall–Kier alpha value is -3.05. The number of piperidine rings is 1. The van der Waals surface area contributed by atoms with E-state index in [0.29, 0.717) is 25.6 Å². The summed E-state index contributed by atoms with van der Waals surface area (Å²) in [5.74, 6) is 1.15. The van der Waals surface area contributed by atoms with Crippen molar-refractivity contribution >= 4 is 17.5 Å². The van der Waals surface area contributed by atoms with Gasteiger partial charge < -0.3 is 14.3 Å². The highest BCUT2D eigenvalue weighted by atomic mass is 32.1. The third kappa shape index (κ3) is 6.26. The number of carbonyl (C=O) groups excluding carboxylic acids is 1. The highest BCUT2D eigenvalue weighted by Crippen LogP contribution is 2.31. The van der Waals surface area contributed by atoms with Crippen molar-refractivity contribution in [1.82, 2.24) is 30.3 Å². The van der Waals surface area contributed by atoms with E-state index < -0.39 is 11.8 Å². The Bertz CT molecular complexity index is 1070. The van der Waals surface area contributed by atoms with Crippen LogP contribution in [0.4, 0.5) is 4.79 Å². The Balaban J connectivity index is 1.26. The highest BCUT2D eigenvalue weighted by molar-refractivity contribution is 7.09. The van der Waals surface area contributed by atoms with E-state index in [1.807, 2.05) is 51.3 Å². The van der Waals surface area contributed by atoms with Crippen molar-refractivity contribution < 1.29 is 19.1 Å². The molecule has 0 amide bonds. The number of nitrogens with zero attached hydrogens (tertiary/aromatic N) is 6. The van der Waals surface area contributed by atoms with Gasteiger partial charge in [-0.05, 0) is 74.7 Å². The van der Waals surface area contributed by atoms with Gasteiger partial charge >= 0.3 is 6.16 Å². The molecule has 33 heavy (non-hydrogen) atoms. The van der Waals surface area contributed by atoms with E-state index in [-0.39, 0.29) is 0 Å². The summed E-state index contributed by atoms with van der Waals surface area (Å²) in [7, 11) is 0. The molecular weight excluding hydrogens is 444 g/mol. The zero-order valence-corrected chi connectivity index (χ0v) is 20.0. The normalized spacial score (nSPS) is 15.4. The van der Waals surface area contributed by atoms with E-state index in [9.17, 15) is 4.79 Å². The van der Waals surface area contributed by atoms with Crippen LogP contribution in [0.3, 0.4) is 0 Å². The molecule has 4 rings (SSSR count). The lowest BCUT2D eigenvalue weighted by molar-refractivity contribution is -0.152. The van der Waals surface area contributed by atoms with Crippen molar-refractivity contribution in [3.63, 3.8) is 0 Å². The summed E-state index contributed by atoms with van der Waals surface area (Å²) >= 11 is 1.65. The summed E-state index contributed by atoms with van der Waals surface area (Å²) in [5.41, 5.74) is 2.22. The van der Waals surface area contributed by atoms with Crippen LogP contribution in [0, 0.1) is 6.92 Å². The van der Waals surface area contributed by atoms with Crippen LogP contribution in [0.5, 0.6) is 5.75 Å². The van der Waals surface area contributed by atoms with Crippen LogP contribution in [0.15, 0.2) is 29.9 Å². The molecule has 0 atom stereocenters. The molecule has 1 aliphatic rings. The van der Waals surface area contributed by atoms with E-state index in [1.165, 1.54) is 0 Å². The molecule has 0 unspecified atom stereocenters. The van der Waals surface area contributed by atoms with Crippen LogP contribution in [-0.4, -0.2) is 55.1 Å². The van der Waals surface area contributed by atoms with Crippen LogP contribution in [0.25, 0.3) is 5.69 Å². The number of hydrogen-bond donors (Lipinski definition) is 0. The van der Waals surface area contributed by atoms with Gasteiger partial charge in [0, 0.05) is 24.4 Å². The van der Waals surface area contributed by atoms with Gasteiger partial charge in [0.05, 0.1) is 16.4 Å². The Labute approximate surface area is 196 Å². The number of thiazole rings is 1. The zero-order valence-electron chi connectivity index (χ0n) is 19.2. The number of hydrogen-bond acceptors (Lipinski definition) is 10. The molecule has 0 spiro atoms. The standard InChI is InChI=1S/C22H28N6O4S/c1-15-11-18(28-14-23-25-26-28)5-6-19(15)30-12-17-13-33-20(24-17)16-7-9-27(10-8-16)32-21(29)31-22(2,3)4/h5-6,11,13-14,16H,7-10,12H2,1-4H3. The molecule has 0 aliphatic carbocycles. The largest absolute Gasteiger partial charge is 0.528 e. The topological polar surface area (TPSA) is 104 Å². The summed E-state index contributed by atoms with van der Waals surface area (Å²) in [5, 5.41) is 16.0. The molecule has 0 radical (unpaired) electrons. The molecule has 1 aromatic carbocycles. The van der Waals surface area contributed by atoms with E-state index in [4.69, 9.17) is 19.3 Å². The fourth-order valence-electron chi connectivity index (χ4n) is 3.51. The Morgan fingerprint density at radius 3 is 2.70 bits per heavy atom. The molecule has 10 nitrogen and oxygen atoms in total. The van der Waals surface area contributed by atoms with E-state index in [0.717, 1.165) is 40.5 Å². The zero-order chi connectivity index (χ0) is 23.4. The van der Waals surface area contributed by atoms with Gasteiger partial charge in [-0.15, -0.1) is 21.5 Å². The second-order valence-electron chi connectivity index (χ2n) is 8.93. The average molecular weight is 473 g/mol. The van der Waals surface area contributed by atoms with Crippen molar-refractivity contribution in [2.75, 3.05) is 13.1 Å². The smallest absolute Gasteiger partial charge is 0.487 e. The average Bonchev–Trinajstić information content (AvgIpc) is 3.44. The molecule has 0 bridgehead atoms. The number of benzene rings is 1. The first-order valence-electron chi connectivity index (χ1n) is 10.8. The minimum Gasteiger partial charge on any atom is -0.487 e. The van der Waals surface area contributed by atoms with Crippen LogP contribution in [0.2, 0.25) is 0 Å². The van der Waals surface area contributed by atoms with Gasteiger partial charge in [0.1, 0.15) is 24.3 Å². The molecular formula is C22H28N6O4S. The Kier molecular flexibility index (Phi) is 6.89. The van der Waals surface area contributed by atoms with Crippen LogP contribution < -0.4 is 4.74 Å². The number of rotatable bonds is 6. The summed E-state index contributed by atoms with van der Waals surface area (Å²) in [4.78, 5) is 21.9. The van der Waals surface area contributed by atoms with Crippen LogP contribution in [-0.2, 0) is 16.2 Å². The first-order valence-corrected chi connectivity index (χ1v) is 11.7. The third-order valence-electron chi connectivity index (χ3n) is 5.11. The Morgan fingerprint density at radius 2 is 2.03 bits per heavy atom. The number of hydroxylamine groups is 2. The molecule has 0 saturated carbocycles. The highest BCUT2D eigenvalue weighted by Gasteiger charge is 2.27. The van der Waals surface area contributed by atoms with Gasteiger partial charge in [-0.1, -0.05) is 0 Å². The SMILES string of the molecule is Cc1cc(-n2cnnn2)ccc1OCc1csc(C2CCN(OC(=O)OC(C)(C)C)CC2)n1. The van der Waals surface area contributed by atoms with E-state index >= 15 is 0 Å². The molecule has 3 aromatic rings. The lowest BCUT2D eigenvalue weighted by atomic mass is 9.99. The lowest BCUT2D eigenvalue weighted by Crippen LogP contribution is -2.37. The number of carbonyl (C=O) groups is 1. The molecule has 1 saturated heterocycles. The van der Waals surface area contributed by atoms with E-state index in [2.05, 4.69) is 15.5 Å². The van der Waals surface area contributed by atoms with Gasteiger partial charge in [0.2, 0.25) is 0 Å². The van der Waals surface area contributed by atoms with E-state index in [1.54, 1.807) is 27.4 Å². The second-order valence-corrected chi connectivity index (χ2v) is 9.82. The second kappa shape index (κ2) is 9.84. The predicted octanol–water partition coefficient (Wildman–Crippen LogP) is 4.05. The summed E-state index contributed by atoms with van der Waals surface area (Å²) < 4.78 is 12.8. The van der Waals surface area contributed by atoms with Crippen molar-refractivity contribution in [1.29, 1.82) is 0 Å². The monoisotopic (exact) mass is 472 g/mol. The number of aryl methyl sites for hydroxylation is 1. The van der Waals surface area contributed by atoms with Crippen LogP contribution in [0.1, 0.15) is 55.8 Å². The quantitative estimate of drug-likeness (QED) is 0.491. The van der Waals surface area contributed by atoms with Crippen molar-refractivity contribution in [2.24, 2.45) is 0 Å². The van der Waals surface area contributed by atoms with Gasteiger partial charge in [-0.3, -0.25) is 0 Å². The first-order chi connectivity index (χ1) is 15.8. The van der Waals surface area contributed by atoms with Crippen molar-refractivity contribution in [3.8, 4) is 11.4 Å². The fraction of sp³-hybridized carbons (Fsp3) is 0.500. The molecule has 176 valence electrons. The maximum Gasteiger partial charge on any atom is 0.528 e. The minimum atomic E-state index is -0.657. The Morgan fingerprint density at radius 1 is 1.24 bits per heavy atom. The predicted molar refractivity (Wildman–Crippen MR) is 121 cm³/mol. The minimum absolute atomic E-state index is 0.347. The summed E-state index contributed by atoms with van der Waals surface area (Å²) in [6.45, 7) is 9.15.